The molecule has 0 bridgehead atoms. The molecule has 1 aliphatic heterocycles. The number of H-pyrrole nitrogens is 1. The fraction of sp³-hybridized carbons (Fsp3) is 0.304. The predicted octanol–water partition coefficient (Wildman–Crippen LogP) is 4.03. The van der Waals surface area contributed by atoms with Gasteiger partial charge in [-0.1, -0.05) is 18.2 Å². The fourth-order valence-corrected chi connectivity index (χ4v) is 3.81. The second kappa shape index (κ2) is 8.66. The van der Waals surface area contributed by atoms with Gasteiger partial charge in [0.1, 0.15) is 17.3 Å². The van der Waals surface area contributed by atoms with Gasteiger partial charge in [-0.3, -0.25) is 9.69 Å². The molecule has 1 aromatic heterocycles. The van der Waals surface area contributed by atoms with Crippen LogP contribution in [0.5, 0.6) is 11.5 Å². The van der Waals surface area contributed by atoms with E-state index in [4.69, 9.17) is 9.47 Å². The van der Waals surface area contributed by atoms with Gasteiger partial charge in [0, 0.05) is 42.4 Å². The van der Waals surface area contributed by atoms with E-state index in [9.17, 15) is 18.0 Å². The number of alkyl halides is 3. The molecule has 0 spiro atoms. The van der Waals surface area contributed by atoms with Crippen LogP contribution < -0.4 is 15.0 Å². The van der Waals surface area contributed by atoms with Crippen LogP contribution in [0.2, 0.25) is 0 Å². The van der Waals surface area contributed by atoms with Gasteiger partial charge in [0.05, 0.1) is 25.5 Å². The molecule has 6 nitrogen and oxygen atoms in total. The van der Waals surface area contributed by atoms with Crippen molar-refractivity contribution in [3.05, 3.63) is 75.2 Å². The zero-order valence-corrected chi connectivity index (χ0v) is 17.6. The molecule has 32 heavy (non-hydrogen) atoms. The largest absolute Gasteiger partial charge is 0.497 e. The molecule has 4 rings (SSSR count). The van der Waals surface area contributed by atoms with Crippen molar-refractivity contribution in [3.8, 4) is 22.9 Å². The van der Waals surface area contributed by atoms with Crippen LogP contribution in [0, 0.1) is 0 Å². The number of methoxy groups -OCH3 is 2. The molecule has 3 aromatic rings. The van der Waals surface area contributed by atoms with Crippen LogP contribution in [0.3, 0.4) is 0 Å². The summed E-state index contributed by atoms with van der Waals surface area (Å²) in [5.74, 6) is 1.66. The summed E-state index contributed by atoms with van der Waals surface area (Å²) < 4.78 is 49.2. The maximum atomic E-state index is 12.8. The highest BCUT2D eigenvalue weighted by Gasteiger charge is 2.30. The van der Waals surface area contributed by atoms with E-state index in [0.717, 1.165) is 17.7 Å². The van der Waals surface area contributed by atoms with E-state index >= 15 is 0 Å². The lowest BCUT2D eigenvalue weighted by atomic mass is 10.0. The lowest BCUT2D eigenvalue weighted by Crippen LogP contribution is -2.35. The summed E-state index contributed by atoms with van der Waals surface area (Å²) in [4.78, 5) is 22.0. The Bertz CT molecular complexity index is 1170. The highest BCUT2D eigenvalue weighted by Crippen LogP contribution is 2.31. The monoisotopic (exact) mass is 445 g/mol. The van der Waals surface area contributed by atoms with Gasteiger partial charge in [0.25, 0.3) is 5.56 Å². The van der Waals surface area contributed by atoms with Gasteiger partial charge in [-0.15, -0.1) is 0 Å². The Hall–Kier alpha value is -3.33. The van der Waals surface area contributed by atoms with Crippen LogP contribution in [0.4, 0.5) is 13.2 Å². The Balaban J connectivity index is 1.58. The van der Waals surface area contributed by atoms with E-state index in [2.05, 4.69) is 14.9 Å². The molecule has 2 aromatic carbocycles. The Morgan fingerprint density at radius 2 is 1.84 bits per heavy atom. The van der Waals surface area contributed by atoms with Gasteiger partial charge in [-0.25, -0.2) is 4.98 Å². The first-order valence-electron chi connectivity index (χ1n) is 10.0. The predicted molar refractivity (Wildman–Crippen MR) is 113 cm³/mol. The lowest BCUT2D eigenvalue weighted by molar-refractivity contribution is -0.137. The highest BCUT2D eigenvalue weighted by atomic mass is 19.4. The van der Waals surface area contributed by atoms with Crippen molar-refractivity contribution in [1.82, 2.24) is 14.9 Å². The topological polar surface area (TPSA) is 67.5 Å². The molecule has 0 saturated heterocycles. The molecule has 0 atom stereocenters. The second-order valence-electron chi connectivity index (χ2n) is 7.55. The summed E-state index contributed by atoms with van der Waals surface area (Å²) in [6.07, 6.45) is -3.89. The van der Waals surface area contributed by atoms with Gasteiger partial charge in [0.15, 0.2) is 0 Å². The molecular formula is C23H22F3N3O3. The summed E-state index contributed by atoms with van der Waals surface area (Å²) in [6.45, 7) is 1.71. The number of ether oxygens (including phenoxy) is 2. The van der Waals surface area contributed by atoms with Gasteiger partial charge in [0.2, 0.25) is 0 Å². The first kappa shape index (κ1) is 21.9. The lowest BCUT2D eigenvalue weighted by Gasteiger charge is -2.28. The zero-order valence-electron chi connectivity index (χ0n) is 17.6. The molecule has 0 fully saturated rings. The zero-order chi connectivity index (χ0) is 22.9. The number of nitrogens with zero attached hydrogens (tertiary/aromatic N) is 2. The van der Waals surface area contributed by atoms with Gasteiger partial charge < -0.3 is 14.5 Å². The van der Waals surface area contributed by atoms with Crippen LogP contribution in [-0.4, -0.2) is 35.6 Å². The molecule has 1 N–H and O–H groups in total. The van der Waals surface area contributed by atoms with Crippen LogP contribution >= 0.6 is 0 Å². The third kappa shape index (κ3) is 4.47. The number of fused-ring (bicyclic) bond motifs is 1. The van der Waals surface area contributed by atoms with E-state index in [1.165, 1.54) is 12.1 Å². The normalized spacial score (nSPS) is 14.2. The number of halogens is 3. The number of hydrogen-bond acceptors (Lipinski definition) is 5. The molecule has 0 saturated carbocycles. The van der Waals surface area contributed by atoms with Crippen molar-refractivity contribution in [3.63, 3.8) is 0 Å². The standard InChI is InChI=1S/C23H22F3N3O3/c1-31-17-8-5-15(20(11-17)32-2)12-29-10-9-18-19(13-29)27-21(28-22(18)30)14-3-6-16(7-4-14)23(24,25)26/h3-8,11H,9-10,12-13H2,1-2H3,(H,27,28,30). The molecule has 2 heterocycles. The van der Waals surface area contributed by atoms with Gasteiger partial charge in [-0.2, -0.15) is 13.2 Å². The Morgan fingerprint density at radius 3 is 2.50 bits per heavy atom. The van der Waals surface area contributed by atoms with Crippen LogP contribution in [-0.2, 0) is 25.7 Å². The first-order valence-corrected chi connectivity index (χ1v) is 10.0. The van der Waals surface area contributed by atoms with Crippen LogP contribution in [0.25, 0.3) is 11.4 Å². The molecule has 168 valence electrons. The van der Waals surface area contributed by atoms with Crippen molar-refractivity contribution in [1.29, 1.82) is 0 Å². The summed E-state index contributed by atoms with van der Waals surface area (Å²) >= 11 is 0. The Labute approximate surface area is 182 Å². The molecule has 0 radical (unpaired) electrons. The number of benzene rings is 2. The minimum Gasteiger partial charge on any atom is -0.497 e. The number of aromatic nitrogens is 2. The van der Waals surface area contributed by atoms with Crippen molar-refractivity contribution < 1.29 is 22.6 Å². The van der Waals surface area contributed by atoms with Gasteiger partial charge in [-0.05, 0) is 24.6 Å². The second-order valence-corrected chi connectivity index (χ2v) is 7.55. The fourth-order valence-electron chi connectivity index (χ4n) is 3.81. The third-order valence-electron chi connectivity index (χ3n) is 5.53. The smallest absolute Gasteiger partial charge is 0.416 e. The maximum Gasteiger partial charge on any atom is 0.416 e. The van der Waals surface area contributed by atoms with Crippen LogP contribution in [0.15, 0.2) is 47.3 Å². The number of aromatic amines is 1. The summed E-state index contributed by atoms with van der Waals surface area (Å²) in [6, 6.07) is 10.2. The summed E-state index contributed by atoms with van der Waals surface area (Å²) in [5, 5.41) is 0. The summed E-state index contributed by atoms with van der Waals surface area (Å²) in [7, 11) is 3.19. The number of rotatable bonds is 5. The Kier molecular flexibility index (Phi) is 5.92. The number of nitrogens with one attached hydrogen (secondary N) is 1. The van der Waals surface area contributed by atoms with Crippen molar-refractivity contribution in [2.24, 2.45) is 0 Å². The molecule has 0 aliphatic carbocycles. The summed E-state index contributed by atoms with van der Waals surface area (Å²) in [5.41, 5.74) is 1.63. The van der Waals surface area contributed by atoms with Crippen molar-refractivity contribution in [2.45, 2.75) is 25.7 Å². The van der Waals surface area contributed by atoms with E-state index in [1.807, 2.05) is 18.2 Å². The molecule has 0 amide bonds. The average molecular weight is 445 g/mol. The van der Waals surface area contributed by atoms with E-state index in [1.54, 1.807) is 14.2 Å². The highest BCUT2D eigenvalue weighted by molar-refractivity contribution is 5.56. The average Bonchev–Trinajstić information content (AvgIpc) is 2.78. The molecule has 9 heteroatoms. The maximum absolute atomic E-state index is 12.8. The van der Waals surface area contributed by atoms with E-state index in [0.29, 0.717) is 54.4 Å². The quantitative estimate of drug-likeness (QED) is 0.642. The Morgan fingerprint density at radius 1 is 1.09 bits per heavy atom. The minimum atomic E-state index is -4.42. The van der Waals surface area contributed by atoms with E-state index < -0.39 is 11.7 Å². The van der Waals surface area contributed by atoms with Crippen molar-refractivity contribution >= 4 is 0 Å². The molecule has 1 aliphatic rings. The molecular weight excluding hydrogens is 423 g/mol. The van der Waals surface area contributed by atoms with Crippen LogP contribution in [0.1, 0.15) is 22.4 Å². The minimum absolute atomic E-state index is 0.256. The van der Waals surface area contributed by atoms with E-state index in [-0.39, 0.29) is 11.4 Å². The van der Waals surface area contributed by atoms with Crippen molar-refractivity contribution in [2.75, 3.05) is 20.8 Å². The molecule has 0 unspecified atom stereocenters. The first-order chi connectivity index (χ1) is 15.3. The SMILES string of the molecule is COc1ccc(CN2CCc3c(nc(-c4ccc(C(F)(F)F)cc4)[nH]c3=O)C2)c(OC)c1. The van der Waals surface area contributed by atoms with Gasteiger partial charge >= 0.3 is 6.18 Å². The number of hydrogen-bond donors (Lipinski definition) is 1. The third-order valence-corrected chi connectivity index (χ3v) is 5.53.